The number of hydrogen-bond acceptors (Lipinski definition) is 3. The number of methoxy groups -OCH3 is 2. The maximum atomic E-state index is 11.8. The summed E-state index contributed by atoms with van der Waals surface area (Å²) in [4.78, 5) is 11.8. The molecule has 0 aliphatic carbocycles. The molecule has 0 aliphatic heterocycles. The Morgan fingerprint density at radius 3 is 2.46 bits per heavy atom. The smallest absolute Gasteiger partial charge is 0.253 e. The van der Waals surface area contributed by atoms with Crippen molar-refractivity contribution in [1.29, 1.82) is 0 Å². The third-order valence-corrected chi connectivity index (χ3v) is 4.05. The van der Waals surface area contributed by atoms with E-state index in [9.17, 15) is 4.79 Å². The second-order valence-electron chi connectivity index (χ2n) is 5.59. The lowest BCUT2D eigenvalue weighted by Crippen LogP contribution is -2.13. The first kappa shape index (κ1) is 15.9. The molecule has 0 saturated heterocycles. The summed E-state index contributed by atoms with van der Waals surface area (Å²) in [5.74, 6) is 0.850. The fourth-order valence-corrected chi connectivity index (χ4v) is 2.91. The van der Waals surface area contributed by atoms with Crippen molar-refractivity contribution in [1.82, 2.24) is 0 Å². The van der Waals surface area contributed by atoms with Gasteiger partial charge in [-0.25, -0.2) is 0 Å². The van der Waals surface area contributed by atoms with E-state index >= 15 is 0 Å². The largest absolute Gasteiger partial charge is 0.497 e. The summed E-state index contributed by atoms with van der Waals surface area (Å²) in [7, 11) is 3.19. The van der Waals surface area contributed by atoms with Crippen molar-refractivity contribution in [3.8, 4) is 11.5 Å². The molecule has 3 aromatic carbocycles. The quantitative estimate of drug-likeness (QED) is 0.782. The molecule has 0 aromatic heterocycles. The minimum absolute atomic E-state index is 0.419. The minimum Gasteiger partial charge on any atom is -0.497 e. The minimum atomic E-state index is -0.488. The van der Waals surface area contributed by atoms with E-state index in [0.717, 1.165) is 34.1 Å². The van der Waals surface area contributed by atoms with Gasteiger partial charge in [-0.1, -0.05) is 36.4 Å². The van der Waals surface area contributed by atoms with Crippen molar-refractivity contribution < 1.29 is 14.3 Å². The molecule has 0 unspecified atom stereocenters. The number of amides is 1. The summed E-state index contributed by atoms with van der Waals surface area (Å²) in [5, 5.41) is 1.77. The lowest BCUT2D eigenvalue weighted by atomic mass is 9.97. The Hall–Kier alpha value is -3.01. The van der Waals surface area contributed by atoms with Crippen LogP contribution in [-0.2, 0) is 6.42 Å². The number of carbonyl (C=O) groups is 1. The number of benzene rings is 3. The highest BCUT2D eigenvalue weighted by Crippen LogP contribution is 2.29. The zero-order chi connectivity index (χ0) is 17.1. The summed E-state index contributed by atoms with van der Waals surface area (Å²) in [6.45, 7) is 0. The van der Waals surface area contributed by atoms with Crippen LogP contribution in [-0.4, -0.2) is 20.1 Å². The van der Waals surface area contributed by atoms with Gasteiger partial charge in [0, 0.05) is 0 Å². The van der Waals surface area contributed by atoms with Crippen LogP contribution in [0, 0.1) is 0 Å². The predicted molar refractivity (Wildman–Crippen MR) is 94.8 cm³/mol. The van der Waals surface area contributed by atoms with Crippen LogP contribution in [0.2, 0.25) is 0 Å². The number of rotatable bonds is 5. The van der Waals surface area contributed by atoms with Crippen molar-refractivity contribution in [3.05, 3.63) is 71.3 Å². The zero-order valence-electron chi connectivity index (χ0n) is 13.7. The molecule has 4 nitrogen and oxygen atoms in total. The summed E-state index contributed by atoms with van der Waals surface area (Å²) >= 11 is 0. The highest BCUT2D eigenvalue weighted by molar-refractivity contribution is 6.08. The van der Waals surface area contributed by atoms with E-state index in [2.05, 4.69) is 12.1 Å². The van der Waals surface area contributed by atoms with E-state index in [1.807, 2.05) is 36.4 Å². The fraction of sp³-hybridized carbons (Fsp3) is 0.150. The molecule has 0 bridgehead atoms. The van der Waals surface area contributed by atoms with E-state index in [-0.39, 0.29) is 0 Å². The molecule has 3 aromatic rings. The van der Waals surface area contributed by atoms with Crippen LogP contribution in [0.1, 0.15) is 21.5 Å². The van der Waals surface area contributed by atoms with E-state index in [0.29, 0.717) is 11.3 Å². The lowest BCUT2D eigenvalue weighted by molar-refractivity contribution is 0.0999. The third-order valence-electron chi connectivity index (χ3n) is 4.05. The maximum absolute atomic E-state index is 11.8. The number of hydrogen-bond donors (Lipinski definition) is 1. The monoisotopic (exact) mass is 321 g/mol. The highest BCUT2D eigenvalue weighted by atomic mass is 16.5. The average molecular weight is 321 g/mol. The van der Waals surface area contributed by atoms with Crippen LogP contribution in [0.15, 0.2) is 54.6 Å². The van der Waals surface area contributed by atoms with Gasteiger partial charge in [-0.05, 0) is 46.5 Å². The Kier molecular flexibility index (Phi) is 4.38. The first-order valence-corrected chi connectivity index (χ1v) is 7.64. The van der Waals surface area contributed by atoms with Crippen LogP contribution in [0.4, 0.5) is 0 Å². The van der Waals surface area contributed by atoms with Gasteiger partial charge in [0.25, 0.3) is 5.91 Å². The van der Waals surface area contributed by atoms with Crippen LogP contribution in [0.3, 0.4) is 0 Å². The molecular formula is C20H19NO3. The van der Waals surface area contributed by atoms with Crippen molar-refractivity contribution in [2.45, 2.75) is 6.42 Å². The first-order valence-electron chi connectivity index (χ1n) is 7.64. The normalized spacial score (nSPS) is 10.6. The molecule has 0 fully saturated rings. The molecule has 0 radical (unpaired) electrons. The van der Waals surface area contributed by atoms with E-state index in [1.165, 1.54) is 7.11 Å². The number of carbonyl (C=O) groups excluding carboxylic acids is 1. The van der Waals surface area contributed by atoms with Crippen LogP contribution in [0.5, 0.6) is 11.5 Å². The number of fused-ring (bicyclic) bond motifs is 1. The maximum Gasteiger partial charge on any atom is 0.253 e. The summed E-state index contributed by atoms with van der Waals surface area (Å²) in [6, 6.07) is 17.7. The van der Waals surface area contributed by atoms with Crippen molar-refractivity contribution in [2.24, 2.45) is 5.73 Å². The molecule has 2 N–H and O–H groups in total. The molecule has 0 saturated carbocycles. The molecule has 0 atom stereocenters. The zero-order valence-corrected chi connectivity index (χ0v) is 13.7. The predicted octanol–water partition coefficient (Wildman–Crippen LogP) is 3.55. The van der Waals surface area contributed by atoms with Gasteiger partial charge >= 0.3 is 0 Å². The Morgan fingerprint density at radius 1 is 0.958 bits per heavy atom. The molecule has 0 heterocycles. The van der Waals surface area contributed by atoms with E-state index in [4.69, 9.17) is 15.2 Å². The van der Waals surface area contributed by atoms with Crippen molar-refractivity contribution in [3.63, 3.8) is 0 Å². The molecule has 24 heavy (non-hydrogen) atoms. The topological polar surface area (TPSA) is 61.5 Å². The molecule has 0 spiro atoms. The Balaban J connectivity index is 2.01. The van der Waals surface area contributed by atoms with Gasteiger partial charge in [0.1, 0.15) is 11.5 Å². The molecule has 1 amide bonds. The molecule has 122 valence electrons. The summed E-state index contributed by atoms with van der Waals surface area (Å²) < 4.78 is 10.5. The van der Waals surface area contributed by atoms with Gasteiger partial charge < -0.3 is 15.2 Å². The Morgan fingerprint density at radius 2 is 1.75 bits per heavy atom. The second kappa shape index (κ2) is 6.62. The van der Waals surface area contributed by atoms with Gasteiger partial charge in [-0.3, -0.25) is 4.79 Å². The SMILES string of the molecule is COc1cccc(Cc2ccc3c(C(N)=O)c(OC)ccc3c2)c1. The first-order chi connectivity index (χ1) is 11.6. The number of ether oxygens (including phenoxy) is 2. The second-order valence-corrected chi connectivity index (χ2v) is 5.59. The van der Waals surface area contributed by atoms with E-state index in [1.54, 1.807) is 13.2 Å². The summed E-state index contributed by atoms with van der Waals surface area (Å²) in [5.41, 5.74) is 8.25. The molecule has 0 aliphatic rings. The van der Waals surface area contributed by atoms with E-state index < -0.39 is 5.91 Å². The number of nitrogens with two attached hydrogens (primary N) is 1. The van der Waals surface area contributed by atoms with Crippen LogP contribution in [0.25, 0.3) is 10.8 Å². The van der Waals surface area contributed by atoms with Gasteiger partial charge in [-0.15, -0.1) is 0 Å². The van der Waals surface area contributed by atoms with Gasteiger partial charge in [0.2, 0.25) is 0 Å². The molecular weight excluding hydrogens is 302 g/mol. The van der Waals surface area contributed by atoms with Gasteiger partial charge in [0.15, 0.2) is 0 Å². The summed E-state index contributed by atoms with van der Waals surface area (Å²) in [6.07, 6.45) is 0.783. The van der Waals surface area contributed by atoms with Crippen molar-refractivity contribution in [2.75, 3.05) is 14.2 Å². The van der Waals surface area contributed by atoms with Crippen molar-refractivity contribution >= 4 is 16.7 Å². The van der Waals surface area contributed by atoms with Crippen LogP contribution < -0.4 is 15.2 Å². The fourth-order valence-electron chi connectivity index (χ4n) is 2.91. The van der Waals surface area contributed by atoms with Gasteiger partial charge in [0.05, 0.1) is 19.8 Å². The standard InChI is InChI=1S/C20H19NO3/c1-23-16-5-3-4-13(12-16)10-14-6-8-17-15(11-14)7-9-18(24-2)19(17)20(21)22/h3-9,11-12H,10H2,1-2H3,(H2,21,22). The van der Waals surface area contributed by atoms with Crippen LogP contribution >= 0.6 is 0 Å². The third kappa shape index (κ3) is 3.04. The highest BCUT2D eigenvalue weighted by Gasteiger charge is 2.13. The average Bonchev–Trinajstić information content (AvgIpc) is 2.60. The Labute approximate surface area is 140 Å². The number of primary amides is 1. The molecule has 4 heteroatoms. The Bertz CT molecular complexity index is 903. The lowest BCUT2D eigenvalue weighted by Gasteiger charge is -2.11. The molecule has 3 rings (SSSR count). The van der Waals surface area contributed by atoms with Gasteiger partial charge in [-0.2, -0.15) is 0 Å².